The van der Waals surface area contributed by atoms with E-state index in [2.05, 4.69) is 14.9 Å². The third kappa shape index (κ3) is 3.55. The van der Waals surface area contributed by atoms with Crippen molar-refractivity contribution in [2.75, 3.05) is 33.9 Å². The first kappa shape index (κ1) is 20.1. The molecule has 2 saturated heterocycles. The summed E-state index contributed by atoms with van der Waals surface area (Å²) in [7, 11) is 0.218. The Bertz CT molecular complexity index is 768. The highest BCUT2D eigenvalue weighted by Crippen LogP contribution is 2.39. The van der Waals surface area contributed by atoms with Crippen LogP contribution in [0.15, 0.2) is 0 Å². The molecule has 0 aromatic rings. The number of urea groups is 1. The lowest BCUT2D eigenvalue weighted by Gasteiger charge is -2.47. The van der Waals surface area contributed by atoms with Crippen LogP contribution in [0.2, 0.25) is 0 Å². The number of hydrogen-bond acceptors (Lipinski definition) is 6. The van der Waals surface area contributed by atoms with Gasteiger partial charge in [-0.15, -0.1) is 0 Å². The fourth-order valence-corrected chi connectivity index (χ4v) is 6.71. The van der Waals surface area contributed by atoms with Crippen LogP contribution in [0.5, 0.6) is 0 Å². The van der Waals surface area contributed by atoms with Crippen LogP contribution in [0, 0.1) is 5.92 Å². The van der Waals surface area contributed by atoms with Crippen molar-refractivity contribution < 1.29 is 18.0 Å². The summed E-state index contributed by atoms with van der Waals surface area (Å²) in [5.74, 6) is -0.671. The van der Waals surface area contributed by atoms with Crippen LogP contribution in [0.3, 0.4) is 0 Å². The van der Waals surface area contributed by atoms with Crippen LogP contribution in [0.1, 0.15) is 39.0 Å². The highest BCUT2D eigenvalue weighted by Gasteiger charge is 2.51. The number of amides is 3. The minimum absolute atomic E-state index is 0.0810. The van der Waals surface area contributed by atoms with Gasteiger partial charge in [-0.25, -0.2) is 17.9 Å². The Hall–Kier alpha value is -1.23. The first-order chi connectivity index (χ1) is 13.1. The number of hydrogen-bond donors (Lipinski definition) is 2. The van der Waals surface area contributed by atoms with Gasteiger partial charge in [0.05, 0.1) is 11.2 Å². The molecule has 4 unspecified atom stereocenters. The molecule has 2 heterocycles. The van der Waals surface area contributed by atoms with E-state index in [4.69, 9.17) is 0 Å². The van der Waals surface area contributed by atoms with E-state index in [0.717, 1.165) is 26.1 Å². The van der Waals surface area contributed by atoms with Gasteiger partial charge < -0.3 is 10.2 Å². The molecule has 3 amide bonds. The number of nitrogens with one attached hydrogen (secondary N) is 2. The Kier molecular flexibility index (Phi) is 4.96. The summed E-state index contributed by atoms with van der Waals surface area (Å²) in [6.45, 7) is 3.71. The third-order valence-corrected chi connectivity index (χ3v) is 9.05. The number of likely N-dealkylation sites (N-methyl/N-ethyl adjacent to an activating group) is 1. The maximum absolute atomic E-state index is 13.2. The second kappa shape index (κ2) is 6.93. The molecular formula is C18H31N5O4S. The molecule has 158 valence electrons. The maximum Gasteiger partial charge on any atom is 0.326 e. The smallest absolute Gasteiger partial charge is 0.324 e. The zero-order chi connectivity index (χ0) is 20.3. The van der Waals surface area contributed by atoms with Crippen molar-refractivity contribution in [2.24, 2.45) is 5.92 Å². The zero-order valence-corrected chi connectivity index (χ0v) is 17.7. The van der Waals surface area contributed by atoms with Gasteiger partial charge >= 0.3 is 6.03 Å². The van der Waals surface area contributed by atoms with Gasteiger partial charge in [0.1, 0.15) is 0 Å². The summed E-state index contributed by atoms with van der Waals surface area (Å²) in [6.07, 6.45) is 3.02. The van der Waals surface area contributed by atoms with E-state index < -0.39 is 21.2 Å². The molecule has 4 rings (SSSR count). The minimum atomic E-state index is -3.47. The van der Waals surface area contributed by atoms with Gasteiger partial charge in [0.15, 0.2) is 0 Å². The normalized spacial score (nSPS) is 36.0. The van der Waals surface area contributed by atoms with E-state index in [0.29, 0.717) is 19.4 Å². The highest BCUT2D eigenvalue weighted by atomic mass is 32.2. The van der Waals surface area contributed by atoms with Gasteiger partial charge in [-0.2, -0.15) is 0 Å². The van der Waals surface area contributed by atoms with E-state index >= 15 is 0 Å². The van der Waals surface area contributed by atoms with Crippen molar-refractivity contribution in [1.82, 2.24) is 24.7 Å². The summed E-state index contributed by atoms with van der Waals surface area (Å²) in [4.78, 5) is 31.1. The summed E-state index contributed by atoms with van der Waals surface area (Å²) in [6, 6.07) is -0.396. The average molecular weight is 414 g/mol. The number of carbonyl (C=O) groups excluding carboxylic acids is 2. The van der Waals surface area contributed by atoms with Crippen molar-refractivity contribution in [3.63, 3.8) is 0 Å². The zero-order valence-electron chi connectivity index (χ0n) is 16.8. The fourth-order valence-electron chi connectivity index (χ4n) is 4.75. The molecule has 9 nitrogen and oxygen atoms in total. The minimum Gasteiger partial charge on any atom is -0.324 e. The number of fused-ring (bicyclic) bond motifs is 1. The number of rotatable bonds is 5. The third-order valence-electron chi connectivity index (χ3n) is 6.96. The largest absolute Gasteiger partial charge is 0.326 e. The van der Waals surface area contributed by atoms with Gasteiger partial charge in [0.2, 0.25) is 15.9 Å². The number of nitrogens with zero attached hydrogens (tertiary/aromatic N) is 3. The molecule has 28 heavy (non-hydrogen) atoms. The Balaban J connectivity index is 1.50. The predicted octanol–water partition coefficient (Wildman–Crippen LogP) is -0.249. The molecule has 2 N–H and O–H groups in total. The summed E-state index contributed by atoms with van der Waals surface area (Å²) in [5.41, 5.74) is -0.314. The Morgan fingerprint density at radius 1 is 1.21 bits per heavy atom. The summed E-state index contributed by atoms with van der Waals surface area (Å²) < 4.78 is 28.5. The SMILES string of the molecule is CN1CNCC1CN1C(=O)C2CC(S(=O)(=O)NC3(C)CC3)CCC2N(C)C1=O. The van der Waals surface area contributed by atoms with Crippen LogP contribution >= 0.6 is 0 Å². The van der Waals surface area contributed by atoms with Gasteiger partial charge in [-0.05, 0) is 46.1 Å². The van der Waals surface area contributed by atoms with E-state index in [1.807, 2.05) is 14.0 Å². The monoisotopic (exact) mass is 413 g/mol. The van der Waals surface area contributed by atoms with E-state index in [9.17, 15) is 18.0 Å². The molecule has 2 saturated carbocycles. The standard InChI is InChI=1S/C18H31N5O4S/c1-18(6-7-18)20-28(26,27)13-4-5-15-14(8-13)16(24)23(17(25)22(15)3)10-12-9-19-11-21(12)2/h12-15,19-20H,4-11H2,1-3H3. The number of imide groups is 1. The average Bonchev–Trinajstić information content (AvgIpc) is 3.22. The van der Waals surface area contributed by atoms with Gasteiger partial charge in [0, 0.05) is 44.4 Å². The number of sulfonamides is 1. The van der Waals surface area contributed by atoms with Crippen molar-refractivity contribution in [2.45, 2.75) is 61.9 Å². The second-order valence-corrected chi connectivity index (χ2v) is 11.1. The quantitative estimate of drug-likeness (QED) is 0.645. The topological polar surface area (TPSA) is 102 Å². The molecule has 0 radical (unpaired) electrons. The molecule has 2 aliphatic heterocycles. The van der Waals surface area contributed by atoms with Crippen LogP contribution in [-0.4, -0.2) is 91.8 Å². The molecule has 0 aromatic heterocycles. The molecule has 4 fully saturated rings. The summed E-state index contributed by atoms with van der Waals surface area (Å²) in [5, 5.41) is 2.66. The van der Waals surface area contributed by atoms with E-state index in [1.54, 1.807) is 11.9 Å². The van der Waals surface area contributed by atoms with E-state index in [-0.39, 0.29) is 36.0 Å². The lowest BCUT2D eigenvalue weighted by atomic mass is 9.81. The lowest BCUT2D eigenvalue weighted by Crippen LogP contribution is -2.64. The van der Waals surface area contributed by atoms with Crippen molar-refractivity contribution >= 4 is 22.0 Å². The molecule has 2 aliphatic carbocycles. The van der Waals surface area contributed by atoms with Gasteiger partial charge in [0.25, 0.3) is 0 Å². The van der Waals surface area contributed by atoms with Crippen LogP contribution in [-0.2, 0) is 14.8 Å². The molecule has 0 spiro atoms. The van der Waals surface area contributed by atoms with Crippen molar-refractivity contribution in [3.8, 4) is 0 Å². The van der Waals surface area contributed by atoms with Crippen LogP contribution in [0.25, 0.3) is 0 Å². The van der Waals surface area contributed by atoms with Crippen LogP contribution < -0.4 is 10.0 Å². The molecule has 4 atom stereocenters. The molecule has 0 bridgehead atoms. The molecular weight excluding hydrogens is 382 g/mol. The first-order valence-corrected chi connectivity index (χ1v) is 11.7. The molecule has 0 aromatic carbocycles. The second-order valence-electron chi connectivity index (χ2n) is 9.18. The Morgan fingerprint density at radius 2 is 1.93 bits per heavy atom. The van der Waals surface area contributed by atoms with Gasteiger partial charge in [-0.1, -0.05) is 0 Å². The fraction of sp³-hybridized carbons (Fsp3) is 0.889. The lowest BCUT2D eigenvalue weighted by molar-refractivity contribution is -0.140. The number of carbonyl (C=O) groups is 2. The first-order valence-electron chi connectivity index (χ1n) is 10.1. The predicted molar refractivity (Wildman–Crippen MR) is 104 cm³/mol. The highest BCUT2D eigenvalue weighted by molar-refractivity contribution is 7.90. The maximum atomic E-state index is 13.2. The molecule has 10 heteroatoms. The van der Waals surface area contributed by atoms with Crippen LogP contribution in [0.4, 0.5) is 4.79 Å². The van der Waals surface area contributed by atoms with Crippen molar-refractivity contribution in [1.29, 1.82) is 0 Å². The summed E-state index contributed by atoms with van der Waals surface area (Å²) >= 11 is 0. The Morgan fingerprint density at radius 3 is 2.54 bits per heavy atom. The molecule has 4 aliphatic rings. The van der Waals surface area contributed by atoms with Gasteiger partial charge in [-0.3, -0.25) is 14.6 Å². The van der Waals surface area contributed by atoms with E-state index in [1.165, 1.54) is 4.90 Å². The Labute approximate surface area is 166 Å². The van der Waals surface area contributed by atoms with Crippen molar-refractivity contribution in [3.05, 3.63) is 0 Å².